The zero-order valence-electron chi connectivity index (χ0n) is 36.9. The number of likely N-dealkylation sites (tertiary alicyclic amines) is 1. The first-order valence-corrected chi connectivity index (χ1v) is 21.9. The summed E-state index contributed by atoms with van der Waals surface area (Å²) in [5.74, 6) is -7.72. The third-order valence-corrected chi connectivity index (χ3v) is 12.7. The number of hydrogen-bond acceptors (Lipinski definition) is 11. The number of amides is 4. The highest BCUT2D eigenvalue weighted by Gasteiger charge is 2.45. The molecule has 1 aromatic carbocycles. The van der Waals surface area contributed by atoms with Gasteiger partial charge in [0.25, 0.3) is 5.69 Å². The van der Waals surface area contributed by atoms with Gasteiger partial charge in [-0.05, 0) is 68.3 Å². The number of carbonyl (C=O) groups excluding carboxylic acids is 7. The maximum Gasteiger partial charge on any atom is 0.336 e. The Morgan fingerprint density at radius 1 is 0.952 bits per heavy atom. The quantitative estimate of drug-likeness (QED) is 0.0321. The molecule has 63 heavy (non-hydrogen) atoms. The number of ether oxygens (including phenoxy) is 1. The van der Waals surface area contributed by atoms with Crippen LogP contribution in [-0.2, 0) is 33.5 Å². The molecule has 1 heterocycles. The van der Waals surface area contributed by atoms with E-state index in [1.165, 1.54) is 18.1 Å². The van der Waals surface area contributed by atoms with Crippen molar-refractivity contribution in [2.45, 2.75) is 135 Å². The first-order chi connectivity index (χ1) is 29.7. The van der Waals surface area contributed by atoms with E-state index in [2.05, 4.69) is 21.9 Å². The summed E-state index contributed by atoms with van der Waals surface area (Å²) in [5, 5.41) is 26.9. The summed E-state index contributed by atoms with van der Waals surface area (Å²) in [6, 6.07) is -0.462. The number of allylic oxidation sites excluding steroid dienone is 1. The Hall–Kier alpha value is -5.74. The number of nitro groups is 1. The predicted octanol–water partition coefficient (Wildman–Crippen LogP) is 5.39. The molecule has 4 rings (SSSR count). The largest absolute Gasteiger partial charge is 0.478 e. The number of esters is 1. The monoisotopic (exact) mass is 877 g/mol. The van der Waals surface area contributed by atoms with Crippen molar-refractivity contribution in [1.29, 1.82) is 0 Å². The van der Waals surface area contributed by atoms with Gasteiger partial charge in [0.15, 0.2) is 11.6 Å². The Kier molecular flexibility index (Phi) is 17.9. The third-order valence-electron chi connectivity index (χ3n) is 12.7. The van der Waals surface area contributed by atoms with Crippen LogP contribution in [0.5, 0.6) is 0 Å². The number of Topliss-reactive ketones (excluding diaryl/α,β-unsaturated/α-hetero) is 2. The molecule has 0 bridgehead atoms. The Labute approximate surface area is 368 Å². The number of methoxy groups -OCH3 is 1. The van der Waals surface area contributed by atoms with E-state index in [1.54, 1.807) is 20.8 Å². The number of aromatic carboxylic acids is 1. The molecule has 344 valence electrons. The van der Waals surface area contributed by atoms with Crippen LogP contribution < -0.4 is 16.4 Å². The summed E-state index contributed by atoms with van der Waals surface area (Å²) in [6.45, 7) is 9.19. The zero-order chi connectivity index (χ0) is 46.6. The second-order valence-electron chi connectivity index (χ2n) is 18.3. The number of carboxylic acids is 1. The van der Waals surface area contributed by atoms with Crippen LogP contribution >= 0.6 is 0 Å². The van der Waals surface area contributed by atoms with Gasteiger partial charge in [0, 0.05) is 55.0 Å². The van der Waals surface area contributed by atoms with Crippen molar-refractivity contribution >= 4 is 52.8 Å². The van der Waals surface area contributed by atoms with E-state index in [9.17, 15) is 53.6 Å². The first-order valence-electron chi connectivity index (χ1n) is 21.9. The smallest absolute Gasteiger partial charge is 0.336 e. The van der Waals surface area contributed by atoms with Gasteiger partial charge in [-0.25, -0.2) is 9.59 Å². The van der Waals surface area contributed by atoms with Crippen molar-refractivity contribution in [3.8, 4) is 0 Å². The fourth-order valence-electron chi connectivity index (χ4n) is 9.17. The van der Waals surface area contributed by atoms with E-state index in [-0.39, 0.29) is 55.4 Å². The number of nitrogens with one attached hydrogen (secondary N) is 2. The van der Waals surface area contributed by atoms with Gasteiger partial charge in [0.1, 0.15) is 12.1 Å². The highest BCUT2D eigenvalue weighted by Crippen LogP contribution is 2.35. The van der Waals surface area contributed by atoms with Gasteiger partial charge < -0.3 is 31.1 Å². The number of carbonyl (C=O) groups is 8. The molecule has 0 aromatic heterocycles. The van der Waals surface area contributed by atoms with E-state index in [4.69, 9.17) is 5.73 Å². The van der Waals surface area contributed by atoms with Crippen LogP contribution in [0, 0.1) is 39.2 Å². The van der Waals surface area contributed by atoms with Crippen LogP contribution in [-0.4, -0.2) is 93.8 Å². The van der Waals surface area contributed by atoms with Crippen LogP contribution in [0.4, 0.5) is 5.69 Å². The number of nitro benzene ring substituents is 1. The van der Waals surface area contributed by atoms with E-state index >= 15 is 0 Å². The van der Waals surface area contributed by atoms with Gasteiger partial charge in [-0.15, -0.1) is 0 Å². The highest BCUT2D eigenvalue weighted by atomic mass is 16.6. The lowest BCUT2D eigenvalue weighted by Gasteiger charge is -2.37. The number of carboxylic acid groups (broad SMARTS) is 1. The summed E-state index contributed by atoms with van der Waals surface area (Å²) in [5.41, 5.74) is 3.96. The molecule has 0 spiro atoms. The molecule has 2 aliphatic carbocycles. The van der Waals surface area contributed by atoms with Crippen molar-refractivity contribution in [2.75, 3.05) is 13.7 Å². The Bertz CT molecular complexity index is 1960. The van der Waals surface area contributed by atoms with Gasteiger partial charge in [-0.2, -0.15) is 0 Å². The van der Waals surface area contributed by atoms with Gasteiger partial charge in [0.05, 0.1) is 23.6 Å². The maximum atomic E-state index is 14.7. The third kappa shape index (κ3) is 13.6. The van der Waals surface area contributed by atoms with E-state index in [1.807, 2.05) is 0 Å². The Balaban J connectivity index is 1.59. The molecule has 17 nitrogen and oxygen atoms in total. The molecule has 17 heteroatoms. The van der Waals surface area contributed by atoms with E-state index < -0.39 is 99.3 Å². The molecular weight excluding hydrogens is 815 g/mol. The van der Waals surface area contributed by atoms with Gasteiger partial charge in [-0.1, -0.05) is 77.5 Å². The molecule has 5 atom stereocenters. The van der Waals surface area contributed by atoms with Gasteiger partial charge in [0.2, 0.25) is 23.6 Å². The van der Waals surface area contributed by atoms with Gasteiger partial charge >= 0.3 is 11.9 Å². The summed E-state index contributed by atoms with van der Waals surface area (Å²) in [7, 11) is 1.19. The minimum atomic E-state index is -1.59. The SMILES string of the molecule is C=C1C[C@@H](C(=O)N[C@H](C(=O)C[C@H](C(N)=O)C2CCCCC2)C2CCCCC2)N(C(=O)[C@@H](NC(=O)[C@H](CC/C=C/C(=O)OC)CC(=O)c2ccc([N+](=O)[O-])cc2C(=O)O)C(C)(C)C)C1. The zero-order valence-corrected chi connectivity index (χ0v) is 36.9. The second-order valence-corrected chi connectivity index (χ2v) is 18.3. The fourth-order valence-corrected chi connectivity index (χ4v) is 9.17. The molecule has 3 fully saturated rings. The van der Waals surface area contributed by atoms with Crippen LogP contribution in [0.3, 0.4) is 0 Å². The summed E-state index contributed by atoms with van der Waals surface area (Å²) >= 11 is 0. The van der Waals surface area contributed by atoms with Gasteiger partial charge in [-0.3, -0.25) is 38.9 Å². The minimum Gasteiger partial charge on any atom is -0.478 e. The minimum absolute atomic E-state index is 0.00251. The van der Waals surface area contributed by atoms with Crippen molar-refractivity contribution < 1.29 is 53.1 Å². The maximum absolute atomic E-state index is 14.7. The molecule has 0 radical (unpaired) electrons. The summed E-state index contributed by atoms with van der Waals surface area (Å²) in [6.07, 6.45) is 10.9. The summed E-state index contributed by atoms with van der Waals surface area (Å²) < 4.78 is 4.62. The number of primary amides is 1. The van der Waals surface area contributed by atoms with E-state index in [0.29, 0.717) is 18.4 Å². The lowest BCUT2D eigenvalue weighted by Crippen LogP contribution is -2.59. The van der Waals surface area contributed by atoms with Crippen molar-refractivity contribution in [1.82, 2.24) is 15.5 Å². The molecule has 2 saturated carbocycles. The van der Waals surface area contributed by atoms with E-state index in [0.717, 1.165) is 75.6 Å². The predicted molar refractivity (Wildman–Crippen MR) is 231 cm³/mol. The number of ketones is 2. The van der Waals surface area contributed by atoms with Crippen LogP contribution in [0.15, 0.2) is 42.5 Å². The Morgan fingerprint density at radius 2 is 1.57 bits per heavy atom. The molecule has 0 unspecified atom stereocenters. The average Bonchev–Trinajstić information content (AvgIpc) is 3.65. The van der Waals surface area contributed by atoms with Crippen LogP contribution in [0.1, 0.15) is 138 Å². The molecule has 5 N–H and O–H groups in total. The molecule has 4 amide bonds. The van der Waals surface area contributed by atoms with Crippen LogP contribution in [0.2, 0.25) is 0 Å². The van der Waals surface area contributed by atoms with Crippen molar-refractivity contribution in [3.05, 3.63) is 63.7 Å². The molecule has 1 saturated heterocycles. The lowest BCUT2D eigenvalue weighted by molar-refractivity contribution is -0.384. The Morgan fingerprint density at radius 3 is 2.13 bits per heavy atom. The molecule has 1 aliphatic heterocycles. The number of rotatable bonds is 20. The number of nitrogens with two attached hydrogens (primary N) is 1. The molecule has 3 aliphatic rings. The lowest BCUT2D eigenvalue weighted by atomic mass is 9.75. The fraction of sp³-hybridized carbons (Fsp3) is 0.609. The standard InChI is InChI=1S/C46H63N5O12/c1-27-22-35(43(57)48-39(29-16-10-7-11-17-29)37(53)25-33(41(47)55)28-14-8-6-9-15-28)50(26-27)44(58)40(46(2,3)4)49-42(56)30(18-12-13-19-38(54)63-5)23-36(52)32-21-20-31(51(61)62)24-34(32)45(59)60/h13,19-21,24,28-30,33,35,39-40H,1,6-12,14-18,22-23,25-26H2,2-5H3,(H2,47,55)(H,48,57)(H,49,56)(H,59,60)/b19-13+/t30-,33+,35+,39+,40-/m1/s1. The van der Waals surface area contributed by atoms with Crippen molar-refractivity contribution in [2.24, 2.45) is 34.8 Å². The topological polar surface area (TPSA) is 262 Å². The number of benzene rings is 1. The van der Waals surface area contributed by atoms with Crippen molar-refractivity contribution in [3.63, 3.8) is 0 Å². The van der Waals surface area contributed by atoms with Crippen LogP contribution in [0.25, 0.3) is 0 Å². The average molecular weight is 878 g/mol. The highest BCUT2D eigenvalue weighted by molar-refractivity contribution is 6.07. The summed E-state index contributed by atoms with van der Waals surface area (Å²) in [4.78, 5) is 119. The molecular formula is C46H63N5O12. The number of non-ortho nitro benzene ring substituents is 1. The number of nitrogens with zero attached hydrogens (tertiary/aromatic N) is 2. The normalized spacial score (nSPS) is 19.4. The number of hydrogen-bond donors (Lipinski definition) is 4. The second kappa shape index (κ2) is 22.6. The molecule has 1 aromatic rings. The first kappa shape index (κ1) is 49.9.